The smallest absolute Gasteiger partial charge is 0.116 e. The van der Waals surface area contributed by atoms with Gasteiger partial charge in [0.15, 0.2) is 0 Å². The minimum absolute atomic E-state index is 0.403. The van der Waals surface area contributed by atoms with Crippen molar-refractivity contribution >= 4 is 11.8 Å². The van der Waals surface area contributed by atoms with Crippen LogP contribution in [0, 0.1) is 12.8 Å². The number of nitrogens with two attached hydrogens (primary N) is 1. The lowest BCUT2D eigenvalue weighted by molar-refractivity contribution is 0.522. The summed E-state index contributed by atoms with van der Waals surface area (Å²) >= 11 is 1.99. The molecule has 3 heteroatoms. The van der Waals surface area contributed by atoms with Gasteiger partial charge in [-0.25, -0.2) is 0 Å². The highest BCUT2D eigenvalue weighted by atomic mass is 32.2. The molecule has 0 aliphatic heterocycles. The quantitative estimate of drug-likeness (QED) is 0.859. The molecular weight excluding hydrogens is 206 g/mol. The summed E-state index contributed by atoms with van der Waals surface area (Å²) in [5, 5.41) is 0.712. The molecule has 1 fully saturated rings. The molecule has 1 saturated carbocycles. The number of furan rings is 1. The zero-order valence-electron chi connectivity index (χ0n) is 9.40. The Morgan fingerprint density at radius 2 is 2.33 bits per heavy atom. The largest absolute Gasteiger partial charge is 0.468 e. The molecule has 3 atom stereocenters. The van der Waals surface area contributed by atoms with Crippen molar-refractivity contribution in [1.82, 2.24) is 0 Å². The molecule has 0 spiro atoms. The van der Waals surface area contributed by atoms with E-state index in [1.54, 1.807) is 6.26 Å². The second kappa shape index (κ2) is 4.62. The lowest BCUT2D eigenvalue weighted by Crippen LogP contribution is -2.26. The van der Waals surface area contributed by atoms with Gasteiger partial charge < -0.3 is 10.2 Å². The first kappa shape index (κ1) is 11.1. The summed E-state index contributed by atoms with van der Waals surface area (Å²) in [5.74, 6) is 2.75. The van der Waals surface area contributed by atoms with Gasteiger partial charge in [0.25, 0.3) is 0 Å². The van der Waals surface area contributed by atoms with Crippen LogP contribution in [0.25, 0.3) is 0 Å². The molecule has 1 aromatic heterocycles. The van der Waals surface area contributed by atoms with Gasteiger partial charge in [-0.2, -0.15) is 11.8 Å². The zero-order valence-corrected chi connectivity index (χ0v) is 10.2. The van der Waals surface area contributed by atoms with E-state index in [9.17, 15) is 0 Å². The van der Waals surface area contributed by atoms with Gasteiger partial charge in [0, 0.05) is 11.3 Å². The highest BCUT2D eigenvalue weighted by Crippen LogP contribution is 2.36. The maximum absolute atomic E-state index is 6.01. The SMILES string of the molecule is Cc1ccoc1CSC1CCC(N)C1C. The lowest BCUT2D eigenvalue weighted by atomic mass is 10.1. The van der Waals surface area contributed by atoms with Gasteiger partial charge in [-0.3, -0.25) is 0 Å². The van der Waals surface area contributed by atoms with Crippen molar-refractivity contribution < 1.29 is 4.42 Å². The fourth-order valence-corrected chi connectivity index (χ4v) is 3.60. The Kier molecular flexibility index (Phi) is 3.42. The molecule has 0 amide bonds. The van der Waals surface area contributed by atoms with Crippen molar-refractivity contribution in [2.75, 3.05) is 0 Å². The number of hydrogen-bond acceptors (Lipinski definition) is 3. The predicted molar refractivity (Wildman–Crippen MR) is 64.9 cm³/mol. The molecule has 0 aromatic carbocycles. The van der Waals surface area contributed by atoms with E-state index in [2.05, 4.69) is 13.8 Å². The van der Waals surface area contributed by atoms with E-state index in [1.165, 1.54) is 18.4 Å². The molecule has 1 aliphatic rings. The molecule has 1 heterocycles. The van der Waals surface area contributed by atoms with Crippen LogP contribution in [0.5, 0.6) is 0 Å². The molecule has 1 aliphatic carbocycles. The van der Waals surface area contributed by atoms with Gasteiger partial charge in [-0.05, 0) is 37.3 Å². The summed E-state index contributed by atoms with van der Waals surface area (Å²) in [6.07, 6.45) is 4.21. The number of thioether (sulfide) groups is 1. The summed E-state index contributed by atoms with van der Waals surface area (Å²) in [6.45, 7) is 4.37. The molecule has 2 rings (SSSR count). The Labute approximate surface area is 95.6 Å². The van der Waals surface area contributed by atoms with Crippen molar-refractivity contribution in [1.29, 1.82) is 0 Å². The Hall–Kier alpha value is -0.410. The van der Waals surface area contributed by atoms with E-state index in [-0.39, 0.29) is 0 Å². The van der Waals surface area contributed by atoms with Gasteiger partial charge in [0.1, 0.15) is 5.76 Å². The van der Waals surface area contributed by atoms with Crippen LogP contribution < -0.4 is 5.73 Å². The van der Waals surface area contributed by atoms with Crippen molar-refractivity contribution in [2.45, 2.75) is 43.7 Å². The molecule has 2 N–H and O–H groups in total. The first-order valence-electron chi connectivity index (χ1n) is 5.58. The maximum atomic E-state index is 6.01. The first-order chi connectivity index (χ1) is 7.18. The van der Waals surface area contributed by atoms with E-state index >= 15 is 0 Å². The molecule has 2 nitrogen and oxygen atoms in total. The second-order valence-electron chi connectivity index (χ2n) is 4.48. The van der Waals surface area contributed by atoms with E-state index in [0.29, 0.717) is 17.2 Å². The summed E-state index contributed by atoms with van der Waals surface area (Å²) in [5.41, 5.74) is 7.27. The van der Waals surface area contributed by atoms with Gasteiger partial charge in [0.2, 0.25) is 0 Å². The monoisotopic (exact) mass is 225 g/mol. The fraction of sp³-hybridized carbons (Fsp3) is 0.667. The van der Waals surface area contributed by atoms with Crippen molar-refractivity contribution in [3.8, 4) is 0 Å². The maximum Gasteiger partial charge on any atom is 0.116 e. The molecule has 0 saturated heterocycles. The highest BCUT2D eigenvalue weighted by molar-refractivity contribution is 7.99. The molecule has 1 aromatic rings. The molecule has 0 bridgehead atoms. The number of rotatable bonds is 3. The third-order valence-corrected chi connectivity index (χ3v) is 4.96. The van der Waals surface area contributed by atoms with Crippen LogP contribution >= 0.6 is 11.8 Å². The van der Waals surface area contributed by atoms with E-state index in [1.807, 2.05) is 17.8 Å². The van der Waals surface area contributed by atoms with E-state index < -0.39 is 0 Å². The Morgan fingerprint density at radius 3 is 2.87 bits per heavy atom. The summed E-state index contributed by atoms with van der Waals surface area (Å²) in [6, 6.07) is 2.43. The number of hydrogen-bond donors (Lipinski definition) is 1. The standard InChI is InChI=1S/C12H19NOS/c1-8-5-6-14-11(8)7-15-12-4-3-10(13)9(12)2/h5-6,9-10,12H,3-4,7,13H2,1-2H3. The van der Waals surface area contributed by atoms with Crippen LogP contribution in [-0.4, -0.2) is 11.3 Å². The van der Waals surface area contributed by atoms with Crippen LogP contribution in [0.2, 0.25) is 0 Å². The van der Waals surface area contributed by atoms with Crippen LogP contribution in [0.1, 0.15) is 31.1 Å². The van der Waals surface area contributed by atoms with Crippen LogP contribution in [0.3, 0.4) is 0 Å². The van der Waals surface area contributed by atoms with E-state index in [0.717, 1.165) is 11.5 Å². The number of aryl methyl sites for hydroxylation is 1. The normalized spacial score (nSPS) is 31.0. The van der Waals surface area contributed by atoms with Crippen molar-refractivity contribution in [3.63, 3.8) is 0 Å². The van der Waals surface area contributed by atoms with Crippen molar-refractivity contribution in [3.05, 3.63) is 23.7 Å². The average molecular weight is 225 g/mol. The second-order valence-corrected chi connectivity index (χ2v) is 5.70. The molecule has 15 heavy (non-hydrogen) atoms. The minimum atomic E-state index is 0.403. The van der Waals surface area contributed by atoms with Gasteiger partial charge in [-0.15, -0.1) is 0 Å². The fourth-order valence-electron chi connectivity index (χ4n) is 2.13. The van der Waals surface area contributed by atoms with Crippen LogP contribution in [-0.2, 0) is 5.75 Å². The van der Waals surface area contributed by atoms with Crippen LogP contribution in [0.15, 0.2) is 16.7 Å². The Bertz CT molecular complexity index is 323. The minimum Gasteiger partial charge on any atom is -0.468 e. The van der Waals surface area contributed by atoms with E-state index in [4.69, 9.17) is 10.2 Å². The molecular formula is C12H19NOS. The lowest BCUT2D eigenvalue weighted by Gasteiger charge is -2.16. The Morgan fingerprint density at radius 1 is 1.53 bits per heavy atom. The van der Waals surface area contributed by atoms with Gasteiger partial charge in [0.05, 0.1) is 12.0 Å². The molecule has 3 unspecified atom stereocenters. The third-order valence-electron chi connectivity index (χ3n) is 3.44. The predicted octanol–water partition coefficient (Wildman–Crippen LogP) is 2.95. The highest BCUT2D eigenvalue weighted by Gasteiger charge is 2.30. The average Bonchev–Trinajstić information content (AvgIpc) is 2.74. The zero-order chi connectivity index (χ0) is 10.8. The summed E-state index contributed by atoms with van der Waals surface area (Å²) in [7, 11) is 0. The third kappa shape index (κ3) is 2.40. The summed E-state index contributed by atoms with van der Waals surface area (Å²) in [4.78, 5) is 0. The van der Waals surface area contributed by atoms with Gasteiger partial charge >= 0.3 is 0 Å². The molecule has 84 valence electrons. The van der Waals surface area contributed by atoms with Crippen LogP contribution in [0.4, 0.5) is 0 Å². The van der Waals surface area contributed by atoms with Gasteiger partial charge in [-0.1, -0.05) is 6.92 Å². The van der Waals surface area contributed by atoms with Crippen molar-refractivity contribution in [2.24, 2.45) is 11.7 Å². The molecule has 0 radical (unpaired) electrons. The summed E-state index contributed by atoms with van der Waals surface area (Å²) < 4.78 is 5.43. The Balaban J connectivity index is 1.86. The topological polar surface area (TPSA) is 39.2 Å². The first-order valence-corrected chi connectivity index (χ1v) is 6.63.